The molecule has 3 heteroatoms. The maximum Gasteiger partial charge on any atom is 0.143 e. The smallest absolute Gasteiger partial charge is 0.143 e. The van der Waals surface area contributed by atoms with Crippen LogP contribution >= 0.6 is 0 Å². The van der Waals surface area contributed by atoms with E-state index in [0.29, 0.717) is 0 Å². The third-order valence-corrected chi connectivity index (χ3v) is 5.49. The SMILES string of the molecule is c1cc(-c2ccncc2)c2c(c1)oc1c3ccccc3c(-c3ccncc3)cc12. The second-order valence-electron chi connectivity index (χ2n) is 7.10. The summed E-state index contributed by atoms with van der Waals surface area (Å²) >= 11 is 0. The molecule has 3 aromatic heterocycles. The number of benzene rings is 3. The van der Waals surface area contributed by atoms with Gasteiger partial charge in [-0.15, -0.1) is 0 Å². The Balaban J connectivity index is 1.80. The van der Waals surface area contributed by atoms with Gasteiger partial charge in [0.1, 0.15) is 11.2 Å². The zero-order chi connectivity index (χ0) is 19.2. The van der Waals surface area contributed by atoms with E-state index >= 15 is 0 Å². The number of hydrogen-bond donors (Lipinski definition) is 0. The largest absolute Gasteiger partial charge is 0.455 e. The van der Waals surface area contributed by atoms with Crippen molar-refractivity contribution in [2.45, 2.75) is 0 Å². The third kappa shape index (κ3) is 2.44. The number of nitrogens with zero attached hydrogens (tertiary/aromatic N) is 2. The Labute approximate surface area is 167 Å². The highest BCUT2D eigenvalue weighted by molar-refractivity contribution is 6.22. The first-order valence-corrected chi connectivity index (χ1v) is 9.58. The topological polar surface area (TPSA) is 38.9 Å². The Bertz CT molecular complexity index is 1490. The molecule has 0 saturated heterocycles. The second kappa shape index (κ2) is 6.28. The van der Waals surface area contributed by atoms with E-state index in [1.54, 1.807) is 0 Å². The van der Waals surface area contributed by atoms with Crippen molar-refractivity contribution in [2.75, 3.05) is 0 Å². The summed E-state index contributed by atoms with van der Waals surface area (Å²) in [7, 11) is 0. The van der Waals surface area contributed by atoms with Crippen molar-refractivity contribution in [3.05, 3.63) is 97.6 Å². The molecule has 0 atom stereocenters. The molecule has 0 aliphatic rings. The predicted molar refractivity (Wildman–Crippen MR) is 118 cm³/mol. The van der Waals surface area contributed by atoms with Crippen LogP contribution in [0.4, 0.5) is 0 Å². The molecule has 136 valence electrons. The number of hydrogen-bond acceptors (Lipinski definition) is 3. The minimum atomic E-state index is 0.895. The molecule has 29 heavy (non-hydrogen) atoms. The van der Waals surface area contributed by atoms with E-state index in [0.717, 1.165) is 44.0 Å². The minimum Gasteiger partial charge on any atom is -0.455 e. The van der Waals surface area contributed by atoms with E-state index in [1.807, 2.05) is 49.1 Å². The molecule has 0 aliphatic heterocycles. The van der Waals surface area contributed by atoms with Gasteiger partial charge in [-0.3, -0.25) is 9.97 Å². The molecule has 0 saturated carbocycles. The van der Waals surface area contributed by atoms with Crippen LogP contribution < -0.4 is 0 Å². The fourth-order valence-electron chi connectivity index (χ4n) is 4.19. The van der Waals surface area contributed by atoms with E-state index in [9.17, 15) is 0 Å². The van der Waals surface area contributed by atoms with Crippen molar-refractivity contribution in [1.29, 1.82) is 0 Å². The Hall–Kier alpha value is -3.98. The molecule has 0 unspecified atom stereocenters. The molecule has 3 heterocycles. The van der Waals surface area contributed by atoms with Crippen molar-refractivity contribution in [2.24, 2.45) is 0 Å². The summed E-state index contributed by atoms with van der Waals surface area (Å²) in [5, 5.41) is 4.55. The summed E-state index contributed by atoms with van der Waals surface area (Å²) < 4.78 is 6.39. The van der Waals surface area contributed by atoms with Crippen LogP contribution in [0.2, 0.25) is 0 Å². The van der Waals surface area contributed by atoms with Gasteiger partial charge in [0.15, 0.2) is 0 Å². The van der Waals surface area contributed by atoms with E-state index in [1.165, 1.54) is 10.9 Å². The van der Waals surface area contributed by atoms with Crippen LogP contribution in [0.1, 0.15) is 0 Å². The maximum absolute atomic E-state index is 6.39. The number of pyridine rings is 2. The van der Waals surface area contributed by atoms with Crippen LogP contribution in [-0.4, -0.2) is 9.97 Å². The number of fused-ring (bicyclic) bond motifs is 5. The third-order valence-electron chi connectivity index (χ3n) is 5.49. The average Bonchev–Trinajstić information content (AvgIpc) is 3.19. The van der Waals surface area contributed by atoms with Crippen LogP contribution in [0, 0.1) is 0 Å². The molecule has 0 bridgehead atoms. The number of furan rings is 1. The van der Waals surface area contributed by atoms with Gasteiger partial charge in [-0.05, 0) is 64.0 Å². The summed E-state index contributed by atoms with van der Waals surface area (Å²) in [6, 6.07) is 25.1. The molecule has 0 spiro atoms. The van der Waals surface area contributed by atoms with Gasteiger partial charge in [-0.1, -0.05) is 36.4 Å². The molecule has 6 aromatic rings. The normalized spacial score (nSPS) is 11.4. The lowest BCUT2D eigenvalue weighted by atomic mass is 9.94. The summed E-state index contributed by atoms with van der Waals surface area (Å²) in [6.45, 7) is 0. The lowest BCUT2D eigenvalue weighted by Gasteiger charge is -2.08. The van der Waals surface area contributed by atoms with Gasteiger partial charge < -0.3 is 4.42 Å². The van der Waals surface area contributed by atoms with E-state index in [2.05, 4.69) is 58.5 Å². The highest BCUT2D eigenvalue weighted by atomic mass is 16.3. The van der Waals surface area contributed by atoms with Crippen molar-refractivity contribution < 1.29 is 4.42 Å². The molecular formula is C26H16N2O. The first-order chi connectivity index (χ1) is 14.4. The Morgan fingerprint density at radius 2 is 1.21 bits per heavy atom. The zero-order valence-corrected chi connectivity index (χ0v) is 15.5. The first kappa shape index (κ1) is 16.0. The monoisotopic (exact) mass is 372 g/mol. The Kier molecular flexibility index (Phi) is 3.47. The molecule has 3 nitrogen and oxygen atoms in total. The highest BCUT2D eigenvalue weighted by Crippen LogP contribution is 2.42. The molecule has 0 aliphatic carbocycles. The molecule has 3 aromatic carbocycles. The van der Waals surface area contributed by atoms with Gasteiger partial charge >= 0.3 is 0 Å². The van der Waals surface area contributed by atoms with Crippen LogP contribution in [0.15, 0.2) is 102 Å². The van der Waals surface area contributed by atoms with Crippen molar-refractivity contribution >= 4 is 32.7 Å². The van der Waals surface area contributed by atoms with Crippen LogP contribution in [0.5, 0.6) is 0 Å². The van der Waals surface area contributed by atoms with Gasteiger partial charge in [-0.2, -0.15) is 0 Å². The van der Waals surface area contributed by atoms with Gasteiger partial charge in [0, 0.05) is 40.9 Å². The molecule has 0 N–H and O–H groups in total. The molecule has 0 fully saturated rings. The van der Waals surface area contributed by atoms with Crippen LogP contribution in [0.3, 0.4) is 0 Å². The minimum absolute atomic E-state index is 0.895. The second-order valence-corrected chi connectivity index (χ2v) is 7.10. The quantitative estimate of drug-likeness (QED) is 0.333. The Morgan fingerprint density at radius 1 is 0.552 bits per heavy atom. The van der Waals surface area contributed by atoms with E-state index in [-0.39, 0.29) is 0 Å². The highest BCUT2D eigenvalue weighted by Gasteiger charge is 2.17. The average molecular weight is 372 g/mol. The number of rotatable bonds is 2. The van der Waals surface area contributed by atoms with Crippen LogP contribution in [-0.2, 0) is 0 Å². The predicted octanol–water partition coefficient (Wildman–Crippen LogP) is 6.86. The molecule has 0 radical (unpaired) electrons. The van der Waals surface area contributed by atoms with Gasteiger partial charge in [0.25, 0.3) is 0 Å². The lowest BCUT2D eigenvalue weighted by Crippen LogP contribution is -1.84. The summed E-state index contributed by atoms with van der Waals surface area (Å²) in [4.78, 5) is 8.35. The van der Waals surface area contributed by atoms with Gasteiger partial charge in [0.2, 0.25) is 0 Å². The molecule has 6 rings (SSSR count). The van der Waals surface area contributed by atoms with Crippen molar-refractivity contribution in [1.82, 2.24) is 9.97 Å². The van der Waals surface area contributed by atoms with Crippen molar-refractivity contribution in [3.8, 4) is 22.3 Å². The van der Waals surface area contributed by atoms with Gasteiger partial charge in [0.05, 0.1) is 0 Å². The number of aromatic nitrogens is 2. The fourth-order valence-corrected chi connectivity index (χ4v) is 4.19. The fraction of sp³-hybridized carbons (Fsp3) is 0. The summed E-state index contributed by atoms with van der Waals surface area (Å²) in [5.41, 5.74) is 6.43. The van der Waals surface area contributed by atoms with Gasteiger partial charge in [-0.25, -0.2) is 0 Å². The maximum atomic E-state index is 6.39. The lowest BCUT2D eigenvalue weighted by molar-refractivity contribution is 0.673. The first-order valence-electron chi connectivity index (χ1n) is 9.58. The standard InChI is InChI=1S/C26H16N2O/c1-2-5-21-20(4-1)22(18-10-14-28-15-11-18)16-23-25-19(17-8-12-27-13-9-17)6-3-7-24(25)29-26(21)23/h1-16H. The molecule has 0 amide bonds. The zero-order valence-electron chi connectivity index (χ0n) is 15.5. The Morgan fingerprint density at radius 3 is 1.93 bits per heavy atom. The molecular weight excluding hydrogens is 356 g/mol. The summed E-state index contributed by atoms with van der Waals surface area (Å²) in [5.74, 6) is 0. The van der Waals surface area contributed by atoms with Crippen molar-refractivity contribution in [3.63, 3.8) is 0 Å². The van der Waals surface area contributed by atoms with E-state index in [4.69, 9.17) is 4.42 Å². The van der Waals surface area contributed by atoms with Crippen LogP contribution in [0.25, 0.3) is 55.0 Å². The summed E-state index contributed by atoms with van der Waals surface area (Å²) in [6.07, 6.45) is 7.33. The van der Waals surface area contributed by atoms with E-state index < -0.39 is 0 Å².